The van der Waals surface area contributed by atoms with Gasteiger partial charge in [0.25, 0.3) is 11.8 Å². The Hall–Kier alpha value is -2.63. The number of benzene rings is 1. The third-order valence-corrected chi connectivity index (χ3v) is 4.57. The SMILES string of the molecule is CCN(C(=O)c1nc(C(=O)NC(C)C)c2n1CCCC2)c1ccccc1. The Bertz CT molecular complexity index is 796. The van der Waals surface area contributed by atoms with Gasteiger partial charge in [-0.3, -0.25) is 9.59 Å². The van der Waals surface area contributed by atoms with Gasteiger partial charge in [0.15, 0.2) is 0 Å². The molecule has 2 aromatic rings. The molecular weight excluding hydrogens is 328 g/mol. The molecule has 0 unspecified atom stereocenters. The molecule has 6 nitrogen and oxygen atoms in total. The highest BCUT2D eigenvalue weighted by Gasteiger charge is 2.30. The minimum Gasteiger partial charge on any atom is -0.348 e. The third-order valence-electron chi connectivity index (χ3n) is 4.57. The maximum absolute atomic E-state index is 13.2. The van der Waals surface area contributed by atoms with E-state index in [1.165, 1.54) is 0 Å². The first-order chi connectivity index (χ1) is 12.5. The van der Waals surface area contributed by atoms with Crippen molar-refractivity contribution < 1.29 is 9.59 Å². The minimum atomic E-state index is -0.201. The van der Waals surface area contributed by atoms with Gasteiger partial charge in [-0.15, -0.1) is 0 Å². The van der Waals surface area contributed by atoms with Crippen LogP contribution in [0, 0.1) is 0 Å². The van der Waals surface area contributed by atoms with Crippen molar-refractivity contribution in [2.75, 3.05) is 11.4 Å². The van der Waals surface area contributed by atoms with E-state index >= 15 is 0 Å². The third kappa shape index (κ3) is 3.49. The molecule has 0 fully saturated rings. The molecule has 26 heavy (non-hydrogen) atoms. The molecule has 0 atom stereocenters. The fraction of sp³-hybridized carbons (Fsp3) is 0.450. The second-order valence-corrected chi connectivity index (χ2v) is 6.85. The number of aromatic nitrogens is 2. The molecule has 0 spiro atoms. The Balaban J connectivity index is 2.00. The highest BCUT2D eigenvalue weighted by Crippen LogP contribution is 2.24. The monoisotopic (exact) mass is 354 g/mol. The Morgan fingerprint density at radius 3 is 2.62 bits per heavy atom. The van der Waals surface area contributed by atoms with Crippen LogP contribution in [0.15, 0.2) is 30.3 Å². The molecule has 1 aliphatic heterocycles. The summed E-state index contributed by atoms with van der Waals surface area (Å²) in [6.07, 6.45) is 2.78. The molecular formula is C20H26N4O2. The van der Waals surface area contributed by atoms with E-state index in [2.05, 4.69) is 10.3 Å². The lowest BCUT2D eigenvalue weighted by Crippen LogP contribution is -2.33. The van der Waals surface area contributed by atoms with E-state index in [0.717, 1.165) is 37.2 Å². The van der Waals surface area contributed by atoms with Gasteiger partial charge < -0.3 is 14.8 Å². The lowest BCUT2D eigenvalue weighted by atomic mass is 10.1. The van der Waals surface area contributed by atoms with Gasteiger partial charge >= 0.3 is 0 Å². The van der Waals surface area contributed by atoms with E-state index in [0.29, 0.717) is 18.1 Å². The number of anilines is 1. The van der Waals surface area contributed by atoms with Crippen LogP contribution in [0.2, 0.25) is 0 Å². The molecule has 138 valence electrons. The molecule has 1 aromatic carbocycles. The standard InChI is InChI=1S/C20H26N4O2/c1-4-23(15-10-6-5-7-11-15)20(26)18-22-17(19(25)21-14(2)3)16-12-8-9-13-24(16)18/h5-7,10-11,14H,4,8-9,12-13H2,1-3H3,(H,21,25). The summed E-state index contributed by atoms with van der Waals surface area (Å²) in [6.45, 7) is 7.04. The number of fused-ring (bicyclic) bond motifs is 1. The van der Waals surface area contributed by atoms with Crippen molar-refractivity contribution in [3.8, 4) is 0 Å². The van der Waals surface area contributed by atoms with Gasteiger partial charge in [0.1, 0.15) is 5.69 Å². The average molecular weight is 354 g/mol. The Morgan fingerprint density at radius 2 is 1.96 bits per heavy atom. The van der Waals surface area contributed by atoms with Crippen molar-refractivity contribution in [1.82, 2.24) is 14.9 Å². The zero-order valence-corrected chi connectivity index (χ0v) is 15.7. The van der Waals surface area contributed by atoms with E-state index in [-0.39, 0.29) is 17.9 Å². The highest BCUT2D eigenvalue weighted by molar-refractivity contribution is 6.05. The van der Waals surface area contributed by atoms with Crippen LogP contribution >= 0.6 is 0 Å². The van der Waals surface area contributed by atoms with Gasteiger partial charge in [0.05, 0.1) is 5.69 Å². The number of nitrogens with zero attached hydrogens (tertiary/aromatic N) is 3. The minimum absolute atomic E-state index is 0.0269. The van der Waals surface area contributed by atoms with Crippen LogP contribution in [0.1, 0.15) is 60.4 Å². The molecule has 0 saturated carbocycles. The van der Waals surface area contributed by atoms with E-state index in [1.54, 1.807) is 4.90 Å². The highest BCUT2D eigenvalue weighted by atomic mass is 16.2. The molecule has 0 saturated heterocycles. The van der Waals surface area contributed by atoms with Gasteiger partial charge in [-0.2, -0.15) is 0 Å². The van der Waals surface area contributed by atoms with Gasteiger partial charge in [0.2, 0.25) is 5.82 Å². The largest absolute Gasteiger partial charge is 0.348 e. The first-order valence-corrected chi connectivity index (χ1v) is 9.30. The van der Waals surface area contributed by atoms with Crippen LogP contribution in [0.3, 0.4) is 0 Å². The summed E-state index contributed by atoms with van der Waals surface area (Å²) in [5, 5.41) is 2.90. The van der Waals surface area contributed by atoms with Crippen LogP contribution in [0.25, 0.3) is 0 Å². The predicted octanol–water partition coefficient (Wildman–Crippen LogP) is 3.02. The summed E-state index contributed by atoms with van der Waals surface area (Å²) in [6, 6.07) is 9.59. The number of carbonyl (C=O) groups excluding carboxylic acids is 2. The fourth-order valence-electron chi connectivity index (χ4n) is 3.39. The van der Waals surface area contributed by atoms with Crippen molar-refractivity contribution >= 4 is 17.5 Å². The number of carbonyl (C=O) groups is 2. The molecule has 1 N–H and O–H groups in total. The second-order valence-electron chi connectivity index (χ2n) is 6.85. The van der Waals surface area contributed by atoms with E-state index < -0.39 is 0 Å². The van der Waals surface area contributed by atoms with Crippen molar-refractivity contribution in [1.29, 1.82) is 0 Å². The van der Waals surface area contributed by atoms with Crippen molar-refractivity contribution in [2.24, 2.45) is 0 Å². The molecule has 1 aliphatic rings. The zero-order chi connectivity index (χ0) is 18.7. The second kappa shape index (κ2) is 7.72. The summed E-state index contributed by atoms with van der Waals surface area (Å²) >= 11 is 0. The van der Waals surface area contributed by atoms with Crippen LogP contribution in [-0.2, 0) is 13.0 Å². The molecule has 1 aromatic heterocycles. The summed E-state index contributed by atoms with van der Waals surface area (Å²) in [5.74, 6) is -0.00258. The van der Waals surface area contributed by atoms with Crippen LogP contribution in [0.4, 0.5) is 5.69 Å². The van der Waals surface area contributed by atoms with E-state index in [9.17, 15) is 9.59 Å². The van der Waals surface area contributed by atoms with Gasteiger partial charge in [-0.25, -0.2) is 4.98 Å². The maximum Gasteiger partial charge on any atom is 0.294 e. The summed E-state index contributed by atoms with van der Waals surface area (Å²) in [5.41, 5.74) is 2.11. The van der Waals surface area contributed by atoms with Gasteiger partial charge in [-0.1, -0.05) is 18.2 Å². The summed E-state index contributed by atoms with van der Waals surface area (Å²) < 4.78 is 1.94. The lowest BCUT2D eigenvalue weighted by molar-refractivity contribution is 0.0937. The topological polar surface area (TPSA) is 67.2 Å². The molecule has 0 aliphatic carbocycles. The molecule has 3 rings (SSSR count). The van der Waals surface area contributed by atoms with Crippen LogP contribution in [0.5, 0.6) is 0 Å². The number of para-hydroxylation sites is 1. The van der Waals surface area contributed by atoms with Crippen molar-refractivity contribution in [3.05, 3.63) is 47.5 Å². The normalized spacial score (nSPS) is 13.4. The summed E-state index contributed by atoms with van der Waals surface area (Å²) in [7, 11) is 0. The van der Waals surface area contributed by atoms with Crippen LogP contribution in [-0.4, -0.2) is 34.0 Å². The molecule has 6 heteroatoms. The smallest absolute Gasteiger partial charge is 0.294 e. The lowest BCUT2D eigenvalue weighted by Gasteiger charge is -2.22. The average Bonchev–Trinajstić information content (AvgIpc) is 3.02. The fourth-order valence-corrected chi connectivity index (χ4v) is 3.39. The molecule has 2 heterocycles. The zero-order valence-electron chi connectivity index (χ0n) is 15.7. The number of imidazole rings is 1. The number of hydrogen-bond acceptors (Lipinski definition) is 3. The first-order valence-electron chi connectivity index (χ1n) is 9.30. The Morgan fingerprint density at radius 1 is 1.23 bits per heavy atom. The quantitative estimate of drug-likeness (QED) is 0.897. The molecule has 0 radical (unpaired) electrons. The van der Waals surface area contributed by atoms with Crippen LogP contribution < -0.4 is 10.2 Å². The van der Waals surface area contributed by atoms with Crippen molar-refractivity contribution in [2.45, 2.75) is 52.6 Å². The van der Waals surface area contributed by atoms with Gasteiger partial charge in [0, 0.05) is 24.8 Å². The number of hydrogen-bond donors (Lipinski definition) is 1. The Kier molecular flexibility index (Phi) is 5.40. The number of nitrogens with one attached hydrogen (secondary N) is 1. The van der Waals surface area contributed by atoms with E-state index in [1.807, 2.05) is 55.7 Å². The van der Waals surface area contributed by atoms with Crippen molar-refractivity contribution in [3.63, 3.8) is 0 Å². The first kappa shape index (κ1) is 18.2. The Labute approximate surface area is 154 Å². The predicted molar refractivity (Wildman–Crippen MR) is 102 cm³/mol. The van der Waals surface area contributed by atoms with Gasteiger partial charge in [-0.05, 0) is 52.2 Å². The number of amides is 2. The summed E-state index contributed by atoms with van der Waals surface area (Å²) in [4.78, 5) is 32.0. The number of rotatable bonds is 5. The van der Waals surface area contributed by atoms with E-state index in [4.69, 9.17) is 0 Å². The molecule has 2 amide bonds. The molecule has 0 bridgehead atoms. The maximum atomic E-state index is 13.2.